The number of rotatable bonds is 2. The lowest BCUT2D eigenvalue weighted by Crippen LogP contribution is -2.09. The smallest absolute Gasteiger partial charge is 0.354 e. The van der Waals surface area contributed by atoms with Crippen LogP contribution in [0.4, 0.5) is 0 Å². The van der Waals surface area contributed by atoms with Crippen LogP contribution in [0, 0.1) is 6.92 Å². The second-order valence-corrected chi connectivity index (χ2v) is 3.16. The van der Waals surface area contributed by atoms with Crippen molar-refractivity contribution >= 4 is 5.97 Å². The second-order valence-electron chi connectivity index (χ2n) is 3.16. The largest absolute Gasteiger partial charge is 0.477 e. The topological polar surface area (TPSA) is 55.1 Å². The Morgan fingerprint density at radius 3 is 2.92 bits per heavy atom. The Kier molecular flexibility index (Phi) is 1.43. The molecule has 1 aromatic rings. The van der Waals surface area contributed by atoms with Crippen molar-refractivity contribution in [2.45, 2.75) is 25.8 Å². The van der Waals surface area contributed by atoms with E-state index in [1.807, 2.05) is 0 Å². The zero-order valence-electron chi connectivity index (χ0n) is 6.82. The molecule has 1 heterocycles. The van der Waals surface area contributed by atoms with Gasteiger partial charge in [-0.05, 0) is 19.8 Å². The summed E-state index contributed by atoms with van der Waals surface area (Å²) < 4.78 is 1.62. The molecule has 4 heteroatoms. The molecule has 0 saturated heterocycles. The molecule has 0 radical (unpaired) electrons. The van der Waals surface area contributed by atoms with Gasteiger partial charge < -0.3 is 5.11 Å². The zero-order chi connectivity index (χ0) is 8.72. The van der Waals surface area contributed by atoms with E-state index in [0.717, 1.165) is 18.4 Å². The van der Waals surface area contributed by atoms with E-state index in [0.29, 0.717) is 11.7 Å². The third kappa shape index (κ3) is 0.995. The summed E-state index contributed by atoms with van der Waals surface area (Å²) in [5.74, 6) is -0.878. The first kappa shape index (κ1) is 7.34. The molecule has 0 amide bonds. The van der Waals surface area contributed by atoms with Crippen molar-refractivity contribution in [3.63, 3.8) is 0 Å². The summed E-state index contributed by atoms with van der Waals surface area (Å²) in [5, 5.41) is 12.9. The molecule has 1 aliphatic rings. The molecule has 0 aromatic carbocycles. The van der Waals surface area contributed by atoms with Gasteiger partial charge in [-0.3, -0.25) is 4.68 Å². The minimum Gasteiger partial charge on any atom is -0.477 e. The molecule has 1 saturated carbocycles. The number of carboxylic acids is 1. The van der Waals surface area contributed by atoms with Crippen molar-refractivity contribution in [2.24, 2.45) is 0 Å². The van der Waals surface area contributed by atoms with Gasteiger partial charge >= 0.3 is 5.97 Å². The number of hydrogen-bond acceptors (Lipinski definition) is 2. The number of carbonyl (C=O) groups is 1. The van der Waals surface area contributed by atoms with Gasteiger partial charge in [0.25, 0.3) is 0 Å². The Morgan fingerprint density at radius 2 is 2.42 bits per heavy atom. The van der Waals surface area contributed by atoms with E-state index in [2.05, 4.69) is 5.10 Å². The summed E-state index contributed by atoms with van der Waals surface area (Å²) in [7, 11) is 0. The van der Waals surface area contributed by atoms with E-state index in [1.165, 1.54) is 0 Å². The van der Waals surface area contributed by atoms with Crippen LogP contribution in [0.3, 0.4) is 0 Å². The molecule has 1 aromatic heterocycles. The van der Waals surface area contributed by atoms with Gasteiger partial charge in [0.2, 0.25) is 0 Å². The molecule has 64 valence electrons. The summed E-state index contributed by atoms with van der Waals surface area (Å²) >= 11 is 0. The molecule has 0 atom stereocenters. The van der Waals surface area contributed by atoms with Gasteiger partial charge in [-0.15, -0.1) is 0 Å². The first-order valence-corrected chi connectivity index (χ1v) is 3.97. The van der Waals surface area contributed by atoms with E-state index in [9.17, 15) is 4.79 Å². The molecule has 2 rings (SSSR count). The highest BCUT2D eigenvalue weighted by Gasteiger charge is 2.29. The highest BCUT2D eigenvalue weighted by molar-refractivity contribution is 5.87. The van der Waals surface area contributed by atoms with Crippen LogP contribution in [0.2, 0.25) is 0 Å². The van der Waals surface area contributed by atoms with Gasteiger partial charge in [0.1, 0.15) is 5.69 Å². The average Bonchev–Trinajstić information content (AvgIpc) is 2.75. The molecule has 0 unspecified atom stereocenters. The molecule has 1 fully saturated rings. The van der Waals surface area contributed by atoms with E-state index in [4.69, 9.17) is 5.11 Å². The summed E-state index contributed by atoms with van der Waals surface area (Å²) in [6.45, 7) is 1.77. The highest BCUT2D eigenvalue weighted by Crippen LogP contribution is 2.35. The lowest BCUT2D eigenvalue weighted by Gasteiger charge is -2.00. The van der Waals surface area contributed by atoms with Crippen molar-refractivity contribution in [1.29, 1.82) is 0 Å². The van der Waals surface area contributed by atoms with Gasteiger partial charge in [0.05, 0.1) is 12.2 Å². The average molecular weight is 166 g/mol. The number of carboxylic acid groups (broad SMARTS) is 1. The molecule has 1 N–H and O–H groups in total. The molecular formula is C8H10N2O2. The van der Waals surface area contributed by atoms with Crippen molar-refractivity contribution in [2.75, 3.05) is 0 Å². The van der Waals surface area contributed by atoms with Gasteiger partial charge in [0.15, 0.2) is 0 Å². The van der Waals surface area contributed by atoms with Crippen molar-refractivity contribution in [3.05, 3.63) is 17.5 Å². The Morgan fingerprint density at radius 1 is 1.75 bits per heavy atom. The molecular weight excluding hydrogens is 156 g/mol. The molecule has 0 bridgehead atoms. The van der Waals surface area contributed by atoms with Crippen LogP contribution in [-0.4, -0.2) is 20.9 Å². The number of aryl methyl sites for hydroxylation is 1. The summed E-state index contributed by atoms with van der Waals surface area (Å²) in [4.78, 5) is 10.8. The summed E-state index contributed by atoms with van der Waals surface area (Å²) in [6, 6.07) is 0.338. The number of aromatic carboxylic acids is 1. The Hall–Kier alpha value is -1.32. The monoisotopic (exact) mass is 166 g/mol. The predicted octanol–water partition coefficient (Wildman–Crippen LogP) is 1.22. The van der Waals surface area contributed by atoms with Crippen LogP contribution in [-0.2, 0) is 0 Å². The van der Waals surface area contributed by atoms with Crippen molar-refractivity contribution < 1.29 is 9.90 Å². The first-order valence-electron chi connectivity index (χ1n) is 3.97. The Bertz CT molecular complexity index is 326. The van der Waals surface area contributed by atoms with Crippen molar-refractivity contribution in [3.8, 4) is 0 Å². The van der Waals surface area contributed by atoms with Crippen LogP contribution in [0.15, 0.2) is 6.20 Å². The lowest BCUT2D eigenvalue weighted by atomic mass is 10.3. The Balaban J connectivity index is 2.46. The first-order chi connectivity index (χ1) is 5.70. The third-order valence-electron chi connectivity index (χ3n) is 2.07. The lowest BCUT2D eigenvalue weighted by molar-refractivity contribution is 0.0682. The molecule has 12 heavy (non-hydrogen) atoms. The fourth-order valence-corrected chi connectivity index (χ4v) is 1.31. The third-order valence-corrected chi connectivity index (χ3v) is 2.07. The highest BCUT2D eigenvalue weighted by atomic mass is 16.4. The van der Waals surface area contributed by atoms with E-state index in [-0.39, 0.29) is 0 Å². The minimum atomic E-state index is -0.878. The number of nitrogens with zero attached hydrogens (tertiary/aromatic N) is 2. The maximum Gasteiger partial charge on any atom is 0.354 e. The summed E-state index contributed by atoms with van der Waals surface area (Å²) in [5.41, 5.74) is 1.09. The minimum absolute atomic E-state index is 0.338. The van der Waals surface area contributed by atoms with Crippen LogP contribution < -0.4 is 0 Å². The molecule has 4 nitrogen and oxygen atoms in total. The van der Waals surface area contributed by atoms with E-state index in [1.54, 1.807) is 17.8 Å². The second kappa shape index (κ2) is 2.33. The maximum atomic E-state index is 10.8. The van der Waals surface area contributed by atoms with Gasteiger partial charge in [-0.2, -0.15) is 5.10 Å². The normalized spacial score (nSPS) is 16.4. The van der Waals surface area contributed by atoms with Crippen LogP contribution >= 0.6 is 0 Å². The molecule has 0 spiro atoms. The molecule has 0 aliphatic heterocycles. The Labute approximate surface area is 69.8 Å². The quantitative estimate of drug-likeness (QED) is 0.718. The van der Waals surface area contributed by atoms with Gasteiger partial charge in [0, 0.05) is 5.56 Å². The van der Waals surface area contributed by atoms with Crippen molar-refractivity contribution in [1.82, 2.24) is 9.78 Å². The van der Waals surface area contributed by atoms with E-state index < -0.39 is 5.97 Å². The SMILES string of the molecule is Cc1cnn(C2CC2)c1C(=O)O. The molecule has 1 aliphatic carbocycles. The number of aromatic nitrogens is 2. The maximum absolute atomic E-state index is 10.8. The van der Waals surface area contributed by atoms with Crippen LogP contribution in [0.1, 0.15) is 34.9 Å². The van der Waals surface area contributed by atoms with Gasteiger partial charge in [-0.1, -0.05) is 0 Å². The standard InChI is InChI=1S/C8H10N2O2/c1-5-4-9-10(6-2-3-6)7(5)8(11)12/h4,6H,2-3H2,1H3,(H,11,12). The van der Waals surface area contributed by atoms with Gasteiger partial charge in [-0.25, -0.2) is 4.79 Å². The van der Waals surface area contributed by atoms with Crippen LogP contribution in [0.25, 0.3) is 0 Å². The van der Waals surface area contributed by atoms with E-state index >= 15 is 0 Å². The van der Waals surface area contributed by atoms with Crippen LogP contribution in [0.5, 0.6) is 0 Å². The fraction of sp³-hybridized carbons (Fsp3) is 0.500. The predicted molar refractivity (Wildman–Crippen MR) is 42.2 cm³/mol. The summed E-state index contributed by atoms with van der Waals surface area (Å²) in [6.07, 6.45) is 3.73. The fourth-order valence-electron chi connectivity index (χ4n) is 1.31. The number of hydrogen-bond donors (Lipinski definition) is 1. The zero-order valence-corrected chi connectivity index (χ0v) is 6.82.